The maximum atomic E-state index is 12.0. The van der Waals surface area contributed by atoms with Crippen LogP contribution in [0.4, 0.5) is 5.69 Å². The number of rotatable bonds is 4. The molecule has 1 aromatic carbocycles. The number of carbonyl (C=O) groups excluding carboxylic acids is 1. The van der Waals surface area contributed by atoms with E-state index in [1.165, 1.54) is 6.20 Å². The largest absolute Gasteiger partial charge is 0.397 e. The van der Waals surface area contributed by atoms with Crippen molar-refractivity contribution in [3.05, 3.63) is 58.9 Å². The van der Waals surface area contributed by atoms with E-state index in [1.807, 2.05) is 31.2 Å². The number of benzene rings is 1. The van der Waals surface area contributed by atoms with Gasteiger partial charge in [0.15, 0.2) is 0 Å². The predicted molar refractivity (Wildman–Crippen MR) is 80.7 cm³/mol. The van der Waals surface area contributed by atoms with E-state index in [1.54, 1.807) is 12.1 Å². The fourth-order valence-corrected chi connectivity index (χ4v) is 2.12. The Morgan fingerprint density at radius 3 is 2.85 bits per heavy atom. The monoisotopic (exact) mass is 289 g/mol. The van der Waals surface area contributed by atoms with Crippen LogP contribution in [-0.4, -0.2) is 16.9 Å². The van der Waals surface area contributed by atoms with Gasteiger partial charge in [0.1, 0.15) is 5.69 Å². The molecule has 0 spiro atoms. The minimum atomic E-state index is -0.209. The van der Waals surface area contributed by atoms with Crippen LogP contribution in [0.5, 0.6) is 0 Å². The molecule has 2 aromatic rings. The van der Waals surface area contributed by atoms with E-state index in [-0.39, 0.29) is 11.9 Å². The molecule has 0 radical (unpaired) electrons. The highest BCUT2D eigenvalue weighted by atomic mass is 35.5. The fourth-order valence-electron chi connectivity index (χ4n) is 1.91. The number of hydrogen-bond acceptors (Lipinski definition) is 3. The van der Waals surface area contributed by atoms with Crippen molar-refractivity contribution in [1.29, 1.82) is 0 Å². The predicted octanol–water partition coefficient (Wildman–Crippen LogP) is 2.68. The summed E-state index contributed by atoms with van der Waals surface area (Å²) in [4.78, 5) is 16.0. The van der Waals surface area contributed by atoms with Gasteiger partial charge in [-0.25, -0.2) is 4.98 Å². The molecule has 1 amide bonds. The lowest BCUT2D eigenvalue weighted by Gasteiger charge is -2.14. The van der Waals surface area contributed by atoms with Crippen LogP contribution in [0.3, 0.4) is 0 Å². The Kier molecular flexibility index (Phi) is 4.58. The number of carbonyl (C=O) groups is 1. The SMILES string of the molecule is CC(Cc1cccc(Cl)c1)NC(=O)c1ccc(N)cn1. The van der Waals surface area contributed by atoms with E-state index in [4.69, 9.17) is 17.3 Å². The van der Waals surface area contributed by atoms with Gasteiger partial charge in [-0.05, 0) is 43.2 Å². The van der Waals surface area contributed by atoms with Gasteiger partial charge in [-0.15, -0.1) is 0 Å². The van der Waals surface area contributed by atoms with Crippen LogP contribution in [-0.2, 0) is 6.42 Å². The van der Waals surface area contributed by atoms with E-state index in [0.717, 1.165) is 5.56 Å². The van der Waals surface area contributed by atoms with Crippen molar-refractivity contribution in [3.8, 4) is 0 Å². The molecule has 2 rings (SSSR count). The highest BCUT2D eigenvalue weighted by Crippen LogP contribution is 2.12. The summed E-state index contributed by atoms with van der Waals surface area (Å²) in [6.07, 6.45) is 2.18. The Morgan fingerprint density at radius 1 is 1.40 bits per heavy atom. The first-order valence-corrected chi connectivity index (χ1v) is 6.69. The molecule has 0 aliphatic rings. The maximum absolute atomic E-state index is 12.0. The number of nitrogens with one attached hydrogen (secondary N) is 1. The normalized spacial score (nSPS) is 11.9. The van der Waals surface area contributed by atoms with Crippen molar-refractivity contribution >= 4 is 23.2 Å². The molecular formula is C15H16ClN3O. The van der Waals surface area contributed by atoms with Gasteiger partial charge in [0.2, 0.25) is 0 Å². The molecule has 0 bridgehead atoms. The number of nitrogen functional groups attached to an aromatic ring is 1. The van der Waals surface area contributed by atoms with Crippen LogP contribution >= 0.6 is 11.6 Å². The van der Waals surface area contributed by atoms with Crippen LogP contribution in [0.1, 0.15) is 23.0 Å². The van der Waals surface area contributed by atoms with E-state index in [0.29, 0.717) is 22.8 Å². The molecule has 20 heavy (non-hydrogen) atoms. The average molecular weight is 290 g/mol. The van der Waals surface area contributed by atoms with Gasteiger partial charge in [0.05, 0.1) is 11.9 Å². The van der Waals surface area contributed by atoms with Gasteiger partial charge in [0.25, 0.3) is 5.91 Å². The second-order valence-corrected chi connectivity index (χ2v) is 5.12. The number of nitrogens with two attached hydrogens (primary N) is 1. The molecule has 1 heterocycles. The average Bonchev–Trinajstić information content (AvgIpc) is 2.39. The van der Waals surface area contributed by atoms with Crippen LogP contribution in [0.2, 0.25) is 5.02 Å². The van der Waals surface area contributed by atoms with Gasteiger partial charge in [-0.1, -0.05) is 23.7 Å². The Morgan fingerprint density at radius 2 is 2.20 bits per heavy atom. The molecule has 104 valence electrons. The summed E-state index contributed by atoms with van der Waals surface area (Å²) in [6.45, 7) is 1.94. The van der Waals surface area contributed by atoms with Gasteiger partial charge < -0.3 is 11.1 Å². The van der Waals surface area contributed by atoms with E-state index in [2.05, 4.69) is 10.3 Å². The van der Waals surface area contributed by atoms with Gasteiger partial charge in [-0.2, -0.15) is 0 Å². The molecule has 4 nitrogen and oxygen atoms in total. The first kappa shape index (κ1) is 14.3. The first-order chi connectivity index (χ1) is 9.54. The number of halogens is 1. The van der Waals surface area contributed by atoms with Crippen molar-refractivity contribution in [3.63, 3.8) is 0 Å². The highest BCUT2D eigenvalue weighted by Gasteiger charge is 2.11. The molecule has 5 heteroatoms. The summed E-state index contributed by atoms with van der Waals surface area (Å²) in [7, 11) is 0. The molecular weight excluding hydrogens is 274 g/mol. The summed E-state index contributed by atoms with van der Waals surface area (Å²) in [5.41, 5.74) is 7.51. The zero-order valence-electron chi connectivity index (χ0n) is 11.1. The summed E-state index contributed by atoms with van der Waals surface area (Å²) in [5, 5.41) is 3.59. The van der Waals surface area contributed by atoms with E-state index < -0.39 is 0 Å². The Balaban J connectivity index is 1.95. The molecule has 0 saturated heterocycles. The minimum absolute atomic E-state index is 0.0136. The molecule has 1 aromatic heterocycles. The second-order valence-electron chi connectivity index (χ2n) is 4.69. The summed E-state index contributed by atoms with van der Waals surface area (Å²) in [5.74, 6) is -0.209. The Labute approximate surface area is 123 Å². The van der Waals surface area contributed by atoms with Gasteiger partial charge >= 0.3 is 0 Å². The Bertz CT molecular complexity index is 598. The lowest BCUT2D eigenvalue weighted by atomic mass is 10.1. The van der Waals surface area contributed by atoms with Crippen molar-refractivity contribution in [2.75, 3.05) is 5.73 Å². The van der Waals surface area contributed by atoms with E-state index >= 15 is 0 Å². The third-order valence-electron chi connectivity index (χ3n) is 2.83. The molecule has 0 saturated carbocycles. The Hall–Kier alpha value is -2.07. The second kappa shape index (κ2) is 6.39. The summed E-state index contributed by atoms with van der Waals surface area (Å²) < 4.78 is 0. The first-order valence-electron chi connectivity index (χ1n) is 6.31. The summed E-state index contributed by atoms with van der Waals surface area (Å²) >= 11 is 5.94. The van der Waals surface area contributed by atoms with Crippen molar-refractivity contribution in [2.24, 2.45) is 0 Å². The number of aromatic nitrogens is 1. The molecule has 1 atom stereocenters. The third-order valence-corrected chi connectivity index (χ3v) is 3.06. The van der Waals surface area contributed by atoms with Crippen molar-refractivity contribution in [2.45, 2.75) is 19.4 Å². The number of pyridine rings is 1. The molecule has 0 fully saturated rings. The fraction of sp³-hybridized carbons (Fsp3) is 0.200. The highest BCUT2D eigenvalue weighted by molar-refractivity contribution is 6.30. The summed E-state index contributed by atoms with van der Waals surface area (Å²) in [6, 6.07) is 10.8. The number of hydrogen-bond donors (Lipinski definition) is 2. The standard InChI is InChI=1S/C15H16ClN3O/c1-10(7-11-3-2-4-12(16)8-11)19-15(20)14-6-5-13(17)9-18-14/h2-6,8-10H,7,17H2,1H3,(H,19,20). The van der Waals surface area contributed by atoms with Gasteiger partial charge in [-0.3, -0.25) is 4.79 Å². The van der Waals surface area contributed by atoms with Crippen molar-refractivity contribution in [1.82, 2.24) is 10.3 Å². The lowest BCUT2D eigenvalue weighted by molar-refractivity contribution is 0.0935. The number of nitrogens with zero attached hydrogens (tertiary/aromatic N) is 1. The minimum Gasteiger partial charge on any atom is -0.397 e. The molecule has 0 aliphatic heterocycles. The van der Waals surface area contributed by atoms with Crippen LogP contribution in [0.15, 0.2) is 42.6 Å². The maximum Gasteiger partial charge on any atom is 0.270 e. The quantitative estimate of drug-likeness (QED) is 0.909. The topological polar surface area (TPSA) is 68.0 Å². The number of amides is 1. The molecule has 3 N–H and O–H groups in total. The zero-order chi connectivity index (χ0) is 14.5. The van der Waals surface area contributed by atoms with Crippen molar-refractivity contribution < 1.29 is 4.79 Å². The van der Waals surface area contributed by atoms with Gasteiger partial charge in [0, 0.05) is 11.1 Å². The molecule has 0 aliphatic carbocycles. The zero-order valence-corrected chi connectivity index (χ0v) is 11.9. The van der Waals surface area contributed by atoms with Crippen LogP contribution in [0.25, 0.3) is 0 Å². The van der Waals surface area contributed by atoms with Crippen LogP contribution < -0.4 is 11.1 Å². The van der Waals surface area contributed by atoms with Crippen LogP contribution in [0, 0.1) is 0 Å². The molecule has 1 unspecified atom stereocenters. The lowest BCUT2D eigenvalue weighted by Crippen LogP contribution is -2.34. The smallest absolute Gasteiger partial charge is 0.270 e. The third kappa shape index (κ3) is 3.96. The number of anilines is 1. The van der Waals surface area contributed by atoms with E-state index in [9.17, 15) is 4.79 Å².